The SMILES string of the molecule is CC1CCCCC1NC(=O)CNc1ccccc1F. The first-order valence-corrected chi connectivity index (χ1v) is 6.94. The van der Waals surface area contributed by atoms with Crippen LogP contribution in [0.15, 0.2) is 24.3 Å². The molecule has 2 N–H and O–H groups in total. The summed E-state index contributed by atoms with van der Waals surface area (Å²) < 4.78 is 13.4. The minimum atomic E-state index is -0.332. The van der Waals surface area contributed by atoms with Gasteiger partial charge in [0.1, 0.15) is 5.82 Å². The van der Waals surface area contributed by atoms with Crippen LogP contribution in [0.2, 0.25) is 0 Å². The van der Waals surface area contributed by atoms with Crippen molar-refractivity contribution in [3.63, 3.8) is 0 Å². The second-order valence-corrected chi connectivity index (χ2v) is 5.27. The fourth-order valence-electron chi connectivity index (χ4n) is 2.57. The molecule has 2 rings (SSSR count). The number of amides is 1. The molecule has 1 aromatic carbocycles. The summed E-state index contributed by atoms with van der Waals surface area (Å²) in [6, 6.07) is 6.65. The van der Waals surface area contributed by atoms with Gasteiger partial charge in [0.2, 0.25) is 5.91 Å². The molecule has 1 aromatic rings. The molecule has 104 valence electrons. The Bertz CT molecular complexity index is 436. The quantitative estimate of drug-likeness (QED) is 0.878. The molecule has 4 heteroatoms. The standard InChI is InChI=1S/C15H21FN2O/c1-11-6-2-4-8-13(11)18-15(19)10-17-14-9-5-3-7-12(14)16/h3,5,7,9,11,13,17H,2,4,6,8,10H2,1H3,(H,18,19). The van der Waals surface area contributed by atoms with E-state index in [1.54, 1.807) is 18.2 Å². The van der Waals surface area contributed by atoms with Gasteiger partial charge in [-0.15, -0.1) is 0 Å². The highest BCUT2D eigenvalue weighted by Gasteiger charge is 2.22. The van der Waals surface area contributed by atoms with Crippen LogP contribution in [0.1, 0.15) is 32.6 Å². The predicted molar refractivity (Wildman–Crippen MR) is 74.5 cm³/mol. The van der Waals surface area contributed by atoms with Crippen molar-refractivity contribution in [2.75, 3.05) is 11.9 Å². The highest BCUT2D eigenvalue weighted by molar-refractivity contribution is 5.81. The minimum absolute atomic E-state index is 0.0676. The van der Waals surface area contributed by atoms with Gasteiger partial charge in [-0.2, -0.15) is 0 Å². The van der Waals surface area contributed by atoms with E-state index >= 15 is 0 Å². The average Bonchev–Trinajstić information content (AvgIpc) is 2.40. The van der Waals surface area contributed by atoms with E-state index in [1.165, 1.54) is 25.3 Å². The number of hydrogen-bond donors (Lipinski definition) is 2. The maximum absolute atomic E-state index is 13.4. The third-order valence-corrected chi connectivity index (χ3v) is 3.77. The monoisotopic (exact) mass is 264 g/mol. The fourth-order valence-corrected chi connectivity index (χ4v) is 2.57. The molecular weight excluding hydrogens is 243 g/mol. The van der Waals surface area contributed by atoms with Crippen LogP contribution in [0, 0.1) is 11.7 Å². The van der Waals surface area contributed by atoms with Gasteiger partial charge in [0, 0.05) is 6.04 Å². The molecule has 2 unspecified atom stereocenters. The Kier molecular flexibility index (Phi) is 4.77. The number of halogens is 1. The van der Waals surface area contributed by atoms with Crippen LogP contribution in [-0.2, 0) is 4.79 Å². The van der Waals surface area contributed by atoms with Gasteiger partial charge in [-0.25, -0.2) is 4.39 Å². The van der Waals surface area contributed by atoms with Crippen molar-refractivity contribution in [1.29, 1.82) is 0 Å². The smallest absolute Gasteiger partial charge is 0.239 e. The summed E-state index contributed by atoms with van der Waals surface area (Å²) in [6.45, 7) is 2.29. The van der Waals surface area contributed by atoms with Gasteiger partial charge in [0.15, 0.2) is 0 Å². The summed E-state index contributed by atoms with van der Waals surface area (Å²) in [4.78, 5) is 11.8. The van der Waals surface area contributed by atoms with Gasteiger partial charge in [-0.3, -0.25) is 4.79 Å². The lowest BCUT2D eigenvalue weighted by atomic mass is 9.86. The van der Waals surface area contributed by atoms with Gasteiger partial charge < -0.3 is 10.6 Å². The van der Waals surface area contributed by atoms with Crippen molar-refractivity contribution >= 4 is 11.6 Å². The molecule has 1 fully saturated rings. The van der Waals surface area contributed by atoms with Crippen LogP contribution >= 0.6 is 0 Å². The summed E-state index contributed by atoms with van der Waals surface area (Å²) >= 11 is 0. The number of rotatable bonds is 4. The fraction of sp³-hybridized carbons (Fsp3) is 0.533. The number of nitrogens with one attached hydrogen (secondary N) is 2. The lowest BCUT2D eigenvalue weighted by Gasteiger charge is -2.29. The molecule has 0 aliphatic heterocycles. The van der Waals surface area contributed by atoms with E-state index in [-0.39, 0.29) is 24.3 Å². The normalized spacial score (nSPS) is 22.8. The lowest BCUT2D eigenvalue weighted by Crippen LogP contribution is -2.43. The van der Waals surface area contributed by atoms with Crippen LogP contribution in [0.25, 0.3) is 0 Å². The van der Waals surface area contributed by atoms with E-state index in [9.17, 15) is 9.18 Å². The zero-order valence-corrected chi connectivity index (χ0v) is 11.3. The number of hydrogen-bond acceptors (Lipinski definition) is 2. The number of carbonyl (C=O) groups excluding carboxylic acids is 1. The van der Waals surface area contributed by atoms with Crippen LogP contribution in [0.4, 0.5) is 10.1 Å². The largest absolute Gasteiger partial charge is 0.374 e. The van der Waals surface area contributed by atoms with E-state index in [0.29, 0.717) is 11.6 Å². The molecular formula is C15H21FN2O. The Balaban J connectivity index is 1.80. The molecule has 1 aliphatic carbocycles. The lowest BCUT2D eigenvalue weighted by molar-refractivity contribution is -0.120. The average molecular weight is 264 g/mol. The van der Waals surface area contributed by atoms with Crippen LogP contribution in [0.3, 0.4) is 0 Å². The van der Waals surface area contributed by atoms with Crippen LogP contribution < -0.4 is 10.6 Å². The van der Waals surface area contributed by atoms with E-state index < -0.39 is 0 Å². The van der Waals surface area contributed by atoms with Crippen molar-refractivity contribution in [3.8, 4) is 0 Å². The van der Waals surface area contributed by atoms with Crippen LogP contribution in [-0.4, -0.2) is 18.5 Å². The summed E-state index contributed by atoms with van der Waals surface area (Å²) in [5, 5.41) is 5.86. The Morgan fingerprint density at radius 1 is 1.32 bits per heavy atom. The van der Waals surface area contributed by atoms with Gasteiger partial charge >= 0.3 is 0 Å². The highest BCUT2D eigenvalue weighted by Crippen LogP contribution is 2.23. The maximum Gasteiger partial charge on any atom is 0.239 e. The molecule has 0 spiro atoms. The van der Waals surface area contributed by atoms with Crippen molar-refractivity contribution < 1.29 is 9.18 Å². The number of benzene rings is 1. The summed E-state index contributed by atoms with van der Waals surface area (Å²) in [7, 11) is 0. The van der Waals surface area contributed by atoms with Crippen LogP contribution in [0.5, 0.6) is 0 Å². The second-order valence-electron chi connectivity index (χ2n) is 5.27. The highest BCUT2D eigenvalue weighted by atomic mass is 19.1. The molecule has 0 aromatic heterocycles. The Morgan fingerprint density at radius 3 is 2.79 bits per heavy atom. The molecule has 19 heavy (non-hydrogen) atoms. The molecule has 0 radical (unpaired) electrons. The van der Waals surface area contributed by atoms with Crippen molar-refractivity contribution in [1.82, 2.24) is 5.32 Å². The first-order valence-electron chi connectivity index (χ1n) is 6.94. The zero-order valence-electron chi connectivity index (χ0n) is 11.3. The van der Waals surface area contributed by atoms with E-state index in [0.717, 1.165) is 6.42 Å². The Hall–Kier alpha value is -1.58. The van der Waals surface area contributed by atoms with Gasteiger partial charge in [-0.1, -0.05) is 31.9 Å². The number of anilines is 1. The molecule has 0 saturated heterocycles. The van der Waals surface area contributed by atoms with Crippen molar-refractivity contribution in [2.24, 2.45) is 5.92 Å². The number of carbonyl (C=O) groups is 1. The third-order valence-electron chi connectivity index (χ3n) is 3.77. The van der Waals surface area contributed by atoms with Gasteiger partial charge in [0.05, 0.1) is 12.2 Å². The minimum Gasteiger partial charge on any atom is -0.374 e. The molecule has 1 saturated carbocycles. The predicted octanol–water partition coefficient (Wildman–Crippen LogP) is 2.93. The van der Waals surface area contributed by atoms with Gasteiger partial charge in [-0.05, 0) is 30.9 Å². The number of para-hydroxylation sites is 1. The molecule has 0 heterocycles. The first kappa shape index (κ1) is 13.8. The molecule has 2 atom stereocenters. The summed E-state index contributed by atoms with van der Waals surface area (Å²) in [5.41, 5.74) is 0.370. The second kappa shape index (κ2) is 6.55. The first-order chi connectivity index (χ1) is 9.16. The summed E-state index contributed by atoms with van der Waals surface area (Å²) in [6.07, 6.45) is 4.65. The van der Waals surface area contributed by atoms with Gasteiger partial charge in [0.25, 0.3) is 0 Å². The molecule has 3 nitrogen and oxygen atoms in total. The van der Waals surface area contributed by atoms with E-state index in [2.05, 4.69) is 17.6 Å². The third kappa shape index (κ3) is 3.94. The van der Waals surface area contributed by atoms with E-state index in [4.69, 9.17) is 0 Å². The van der Waals surface area contributed by atoms with E-state index in [1.807, 2.05) is 0 Å². The molecule has 0 bridgehead atoms. The molecule has 1 amide bonds. The van der Waals surface area contributed by atoms with Crippen molar-refractivity contribution in [2.45, 2.75) is 38.6 Å². The Morgan fingerprint density at radius 2 is 2.05 bits per heavy atom. The maximum atomic E-state index is 13.4. The zero-order chi connectivity index (χ0) is 13.7. The topological polar surface area (TPSA) is 41.1 Å². The summed E-state index contributed by atoms with van der Waals surface area (Å²) in [5.74, 6) is 0.134. The Labute approximate surface area is 113 Å². The molecule has 1 aliphatic rings. The van der Waals surface area contributed by atoms with Crippen molar-refractivity contribution in [3.05, 3.63) is 30.1 Å².